The van der Waals surface area contributed by atoms with E-state index in [2.05, 4.69) is 4.74 Å². The van der Waals surface area contributed by atoms with Crippen molar-refractivity contribution in [1.82, 2.24) is 0 Å². The van der Waals surface area contributed by atoms with Gasteiger partial charge in [-0.2, -0.15) is 0 Å². The first-order valence-electron chi connectivity index (χ1n) is 5.07. The van der Waals surface area contributed by atoms with Crippen molar-refractivity contribution in [2.45, 2.75) is 12.8 Å². The number of esters is 2. The van der Waals surface area contributed by atoms with E-state index in [1.54, 1.807) is 25.1 Å². The van der Waals surface area contributed by atoms with E-state index in [1.165, 1.54) is 13.2 Å². The molecule has 1 atom stereocenters. The molecule has 0 amide bonds. The molecule has 0 aliphatic heterocycles. The number of hydrogen-bond donors (Lipinski definition) is 1. The maximum atomic E-state index is 11.6. The van der Waals surface area contributed by atoms with Crippen LogP contribution in [0.15, 0.2) is 24.3 Å². The predicted molar refractivity (Wildman–Crippen MR) is 59.5 cm³/mol. The Bertz CT molecular complexity index is 413. The average molecular weight is 238 g/mol. The molecule has 1 unspecified atom stereocenters. The third-order valence-electron chi connectivity index (χ3n) is 2.32. The first kappa shape index (κ1) is 13.0. The molecule has 0 saturated carbocycles. The van der Waals surface area contributed by atoms with Gasteiger partial charge in [0.2, 0.25) is 0 Å². The number of rotatable bonds is 4. The fourth-order valence-corrected chi connectivity index (χ4v) is 1.29. The van der Waals surface area contributed by atoms with Crippen LogP contribution < -0.4 is 0 Å². The highest BCUT2D eigenvalue weighted by Gasteiger charge is 2.20. The van der Waals surface area contributed by atoms with E-state index in [4.69, 9.17) is 4.74 Å². The van der Waals surface area contributed by atoms with Crippen molar-refractivity contribution in [1.29, 1.82) is 0 Å². The molecule has 17 heavy (non-hydrogen) atoms. The van der Waals surface area contributed by atoms with Crippen LogP contribution in [0.2, 0.25) is 0 Å². The summed E-state index contributed by atoms with van der Waals surface area (Å²) in [6.45, 7) is 1.17. The highest BCUT2D eigenvalue weighted by atomic mass is 16.6. The molecule has 0 spiro atoms. The second kappa shape index (κ2) is 5.89. The molecule has 0 bridgehead atoms. The maximum Gasteiger partial charge on any atom is 0.344 e. The number of ether oxygens (including phenoxy) is 2. The van der Waals surface area contributed by atoms with Crippen molar-refractivity contribution in [2.75, 3.05) is 13.7 Å². The number of phenols is 1. The van der Waals surface area contributed by atoms with Gasteiger partial charge in [-0.15, -0.1) is 0 Å². The molecule has 5 heteroatoms. The molecule has 0 aliphatic rings. The molecule has 0 radical (unpaired) electrons. The molecule has 0 saturated heterocycles. The fraction of sp³-hybridized carbons (Fsp3) is 0.333. The lowest BCUT2D eigenvalue weighted by Crippen LogP contribution is -2.19. The lowest BCUT2D eigenvalue weighted by Gasteiger charge is -2.12. The molecule has 5 nitrogen and oxygen atoms in total. The van der Waals surface area contributed by atoms with E-state index in [-0.39, 0.29) is 5.75 Å². The summed E-state index contributed by atoms with van der Waals surface area (Å²) in [5.74, 6) is -1.82. The van der Waals surface area contributed by atoms with Gasteiger partial charge >= 0.3 is 11.9 Å². The van der Waals surface area contributed by atoms with Crippen molar-refractivity contribution in [3.63, 3.8) is 0 Å². The molecular weight excluding hydrogens is 224 g/mol. The van der Waals surface area contributed by atoms with E-state index < -0.39 is 24.5 Å². The third-order valence-corrected chi connectivity index (χ3v) is 2.32. The van der Waals surface area contributed by atoms with Gasteiger partial charge in [-0.05, 0) is 13.0 Å². The lowest BCUT2D eigenvalue weighted by atomic mass is 10.0. The zero-order chi connectivity index (χ0) is 12.8. The highest BCUT2D eigenvalue weighted by molar-refractivity contribution is 5.81. The number of carbonyl (C=O) groups excluding carboxylic acids is 2. The van der Waals surface area contributed by atoms with Gasteiger partial charge < -0.3 is 14.6 Å². The Hall–Kier alpha value is -2.04. The largest absolute Gasteiger partial charge is 0.508 e. The zero-order valence-corrected chi connectivity index (χ0v) is 9.67. The van der Waals surface area contributed by atoms with E-state index in [0.29, 0.717) is 5.56 Å². The molecule has 0 fully saturated rings. The molecule has 0 heterocycles. The Morgan fingerprint density at radius 2 is 2.00 bits per heavy atom. The van der Waals surface area contributed by atoms with Gasteiger partial charge in [-0.1, -0.05) is 18.2 Å². The molecule has 92 valence electrons. The third kappa shape index (κ3) is 3.48. The molecule has 1 N–H and O–H groups in total. The summed E-state index contributed by atoms with van der Waals surface area (Å²) in [4.78, 5) is 22.4. The summed E-state index contributed by atoms with van der Waals surface area (Å²) in [6.07, 6.45) is 0. The summed E-state index contributed by atoms with van der Waals surface area (Å²) in [5, 5.41) is 9.55. The predicted octanol–water partition coefficient (Wildman–Crippen LogP) is 1.21. The van der Waals surface area contributed by atoms with Crippen LogP contribution in [0.3, 0.4) is 0 Å². The number of methoxy groups -OCH3 is 1. The number of para-hydroxylation sites is 1. The Balaban J connectivity index is 2.64. The quantitative estimate of drug-likeness (QED) is 0.798. The summed E-state index contributed by atoms with van der Waals surface area (Å²) in [6, 6.07) is 6.48. The van der Waals surface area contributed by atoms with Crippen molar-refractivity contribution < 1.29 is 24.2 Å². The van der Waals surface area contributed by atoms with Crippen LogP contribution in [0.4, 0.5) is 0 Å². The molecule has 1 rings (SSSR count). The summed E-state index contributed by atoms with van der Waals surface area (Å²) in [5.41, 5.74) is 0.461. The van der Waals surface area contributed by atoms with E-state index in [9.17, 15) is 14.7 Å². The van der Waals surface area contributed by atoms with Crippen molar-refractivity contribution in [2.24, 2.45) is 0 Å². The first-order valence-corrected chi connectivity index (χ1v) is 5.07. The second-order valence-electron chi connectivity index (χ2n) is 3.46. The van der Waals surface area contributed by atoms with Crippen molar-refractivity contribution in [3.8, 4) is 5.75 Å². The molecule has 1 aromatic carbocycles. The number of aromatic hydroxyl groups is 1. The first-order chi connectivity index (χ1) is 8.06. The van der Waals surface area contributed by atoms with Crippen LogP contribution in [-0.4, -0.2) is 30.8 Å². The zero-order valence-electron chi connectivity index (χ0n) is 9.67. The van der Waals surface area contributed by atoms with Gasteiger partial charge in [-0.3, -0.25) is 4.79 Å². The Labute approximate surface area is 99.0 Å². The van der Waals surface area contributed by atoms with Crippen LogP contribution >= 0.6 is 0 Å². The monoisotopic (exact) mass is 238 g/mol. The van der Waals surface area contributed by atoms with Crippen molar-refractivity contribution >= 4 is 11.9 Å². The van der Waals surface area contributed by atoms with Crippen LogP contribution in [-0.2, 0) is 19.1 Å². The number of phenolic OH excluding ortho intramolecular Hbond substituents is 1. The average Bonchev–Trinajstić information content (AvgIpc) is 2.35. The lowest BCUT2D eigenvalue weighted by molar-refractivity contribution is -0.157. The number of hydrogen-bond acceptors (Lipinski definition) is 5. The molecule has 0 aliphatic carbocycles. The van der Waals surface area contributed by atoms with Gasteiger partial charge in [0.15, 0.2) is 6.61 Å². The van der Waals surface area contributed by atoms with Crippen LogP contribution in [0, 0.1) is 0 Å². The number of benzene rings is 1. The second-order valence-corrected chi connectivity index (χ2v) is 3.46. The molecule has 1 aromatic rings. The van der Waals surface area contributed by atoms with Gasteiger partial charge in [-0.25, -0.2) is 4.79 Å². The topological polar surface area (TPSA) is 72.8 Å². The standard InChI is InChI=1S/C12H14O5/c1-8(9-5-3-4-6-10(9)13)12(15)17-7-11(14)16-2/h3-6,8,13H,7H2,1-2H3. The normalized spacial score (nSPS) is 11.6. The van der Waals surface area contributed by atoms with Crippen LogP contribution in [0.1, 0.15) is 18.4 Å². The van der Waals surface area contributed by atoms with Gasteiger partial charge in [0, 0.05) is 5.56 Å². The summed E-state index contributed by atoms with van der Waals surface area (Å²) >= 11 is 0. The minimum absolute atomic E-state index is 0.0232. The van der Waals surface area contributed by atoms with Gasteiger partial charge in [0.05, 0.1) is 13.0 Å². The SMILES string of the molecule is COC(=O)COC(=O)C(C)c1ccccc1O. The molecule has 0 aromatic heterocycles. The Kier molecular flexibility index (Phi) is 4.51. The summed E-state index contributed by atoms with van der Waals surface area (Å²) < 4.78 is 9.09. The maximum absolute atomic E-state index is 11.6. The summed E-state index contributed by atoms with van der Waals surface area (Å²) in [7, 11) is 1.21. The minimum Gasteiger partial charge on any atom is -0.508 e. The fourth-order valence-electron chi connectivity index (χ4n) is 1.29. The smallest absolute Gasteiger partial charge is 0.344 e. The minimum atomic E-state index is -0.638. The van der Waals surface area contributed by atoms with E-state index >= 15 is 0 Å². The van der Waals surface area contributed by atoms with Crippen LogP contribution in [0.5, 0.6) is 5.75 Å². The van der Waals surface area contributed by atoms with Crippen LogP contribution in [0.25, 0.3) is 0 Å². The highest BCUT2D eigenvalue weighted by Crippen LogP contribution is 2.25. The Morgan fingerprint density at radius 3 is 2.59 bits per heavy atom. The van der Waals surface area contributed by atoms with Gasteiger partial charge in [0.1, 0.15) is 5.75 Å². The van der Waals surface area contributed by atoms with Gasteiger partial charge in [0.25, 0.3) is 0 Å². The van der Waals surface area contributed by atoms with Crippen molar-refractivity contribution in [3.05, 3.63) is 29.8 Å². The van der Waals surface area contributed by atoms with E-state index in [1.807, 2.05) is 0 Å². The number of carbonyl (C=O) groups is 2. The Morgan fingerprint density at radius 1 is 1.35 bits per heavy atom. The molecular formula is C12H14O5. The van der Waals surface area contributed by atoms with E-state index in [0.717, 1.165) is 0 Å².